The van der Waals surface area contributed by atoms with E-state index in [-0.39, 0.29) is 6.79 Å². The van der Waals surface area contributed by atoms with Gasteiger partial charge >= 0.3 is 0 Å². The predicted octanol–water partition coefficient (Wildman–Crippen LogP) is 3.23. The predicted molar refractivity (Wildman–Crippen MR) is 69.1 cm³/mol. The van der Waals surface area contributed by atoms with Crippen LogP contribution < -0.4 is 14.8 Å². The number of halogens is 1. The van der Waals surface area contributed by atoms with Gasteiger partial charge in [-0.2, -0.15) is 11.8 Å². The molecule has 5 heteroatoms. The van der Waals surface area contributed by atoms with Crippen molar-refractivity contribution in [2.45, 2.75) is 6.42 Å². The summed E-state index contributed by atoms with van der Waals surface area (Å²) in [4.78, 5) is 0. The van der Waals surface area contributed by atoms with E-state index in [2.05, 4.69) is 11.6 Å². The quantitative estimate of drug-likeness (QED) is 0.823. The van der Waals surface area contributed by atoms with E-state index in [1.54, 1.807) is 6.07 Å². The third-order valence-electron chi connectivity index (χ3n) is 2.30. The topological polar surface area (TPSA) is 30.5 Å². The lowest BCUT2D eigenvalue weighted by Gasteiger charge is -2.08. The van der Waals surface area contributed by atoms with Gasteiger partial charge in [0.2, 0.25) is 6.79 Å². The second-order valence-corrected chi connectivity index (χ2v) is 4.85. The fourth-order valence-electron chi connectivity index (χ4n) is 1.49. The fourth-order valence-corrected chi connectivity index (χ4v) is 2.15. The average molecular weight is 260 g/mol. The SMILES string of the molecule is CSCCCNc1cc2c(cc1Cl)OCO2. The zero-order chi connectivity index (χ0) is 11.4. The maximum Gasteiger partial charge on any atom is 0.231 e. The Morgan fingerprint density at radius 1 is 1.38 bits per heavy atom. The van der Waals surface area contributed by atoms with Crippen LogP contribution in [0.1, 0.15) is 6.42 Å². The lowest BCUT2D eigenvalue weighted by atomic mass is 10.2. The Bertz CT molecular complexity index is 373. The van der Waals surface area contributed by atoms with Gasteiger partial charge in [-0.1, -0.05) is 11.6 Å². The zero-order valence-corrected chi connectivity index (χ0v) is 10.7. The standard InChI is InChI=1S/C11H14ClNO2S/c1-16-4-2-3-13-9-6-11-10(5-8(9)12)14-7-15-11/h5-6,13H,2-4,7H2,1H3. The van der Waals surface area contributed by atoms with Gasteiger partial charge in [-0.3, -0.25) is 0 Å². The first kappa shape index (κ1) is 11.7. The molecule has 1 aromatic rings. The summed E-state index contributed by atoms with van der Waals surface area (Å²) in [6, 6.07) is 3.69. The van der Waals surface area contributed by atoms with Crippen LogP contribution in [0.5, 0.6) is 11.5 Å². The fraction of sp³-hybridized carbons (Fsp3) is 0.455. The van der Waals surface area contributed by atoms with E-state index < -0.39 is 0 Å². The highest BCUT2D eigenvalue weighted by Gasteiger charge is 2.16. The van der Waals surface area contributed by atoms with E-state index in [9.17, 15) is 0 Å². The van der Waals surface area contributed by atoms with Crippen molar-refractivity contribution >= 4 is 29.1 Å². The van der Waals surface area contributed by atoms with Crippen molar-refractivity contribution < 1.29 is 9.47 Å². The summed E-state index contributed by atoms with van der Waals surface area (Å²) in [5.74, 6) is 2.63. The van der Waals surface area contributed by atoms with Crippen LogP contribution in [0, 0.1) is 0 Å². The van der Waals surface area contributed by atoms with Gasteiger partial charge < -0.3 is 14.8 Å². The number of rotatable bonds is 5. The summed E-state index contributed by atoms with van der Waals surface area (Å²) in [6.45, 7) is 1.20. The molecule has 1 aliphatic rings. The van der Waals surface area contributed by atoms with Crippen LogP contribution in [0.4, 0.5) is 5.69 Å². The molecule has 0 spiro atoms. The largest absolute Gasteiger partial charge is 0.454 e. The second-order valence-electron chi connectivity index (χ2n) is 3.46. The lowest BCUT2D eigenvalue weighted by molar-refractivity contribution is 0.174. The molecule has 1 N–H and O–H groups in total. The van der Waals surface area contributed by atoms with Crippen LogP contribution in [-0.4, -0.2) is 25.3 Å². The molecule has 1 heterocycles. The third kappa shape index (κ3) is 2.68. The van der Waals surface area contributed by atoms with Gasteiger partial charge in [-0.25, -0.2) is 0 Å². The Morgan fingerprint density at radius 3 is 2.88 bits per heavy atom. The van der Waals surface area contributed by atoms with E-state index in [4.69, 9.17) is 21.1 Å². The van der Waals surface area contributed by atoms with Gasteiger partial charge in [0.25, 0.3) is 0 Å². The first-order valence-corrected chi connectivity index (χ1v) is 6.90. The number of hydrogen-bond acceptors (Lipinski definition) is 4. The number of thioether (sulfide) groups is 1. The highest BCUT2D eigenvalue weighted by atomic mass is 35.5. The summed E-state index contributed by atoms with van der Waals surface area (Å²) in [5, 5.41) is 3.97. The zero-order valence-electron chi connectivity index (χ0n) is 9.09. The molecule has 3 nitrogen and oxygen atoms in total. The average Bonchev–Trinajstić information content (AvgIpc) is 2.71. The van der Waals surface area contributed by atoms with Gasteiger partial charge in [0.15, 0.2) is 11.5 Å². The molecule has 0 aromatic heterocycles. The summed E-state index contributed by atoms with van der Waals surface area (Å²) >= 11 is 7.96. The van der Waals surface area contributed by atoms with E-state index in [1.165, 1.54) is 0 Å². The monoisotopic (exact) mass is 259 g/mol. The van der Waals surface area contributed by atoms with Crippen LogP contribution in [-0.2, 0) is 0 Å². The highest BCUT2D eigenvalue weighted by Crippen LogP contribution is 2.39. The number of fused-ring (bicyclic) bond motifs is 1. The molecule has 0 amide bonds. The molecule has 1 aliphatic heterocycles. The van der Waals surface area contributed by atoms with Gasteiger partial charge in [0, 0.05) is 18.7 Å². The molecule has 0 saturated heterocycles. The summed E-state index contributed by atoms with van der Waals surface area (Å²) in [7, 11) is 0. The van der Waals surface area contributed by atoms with E-state index in [1.807, 2.05) is 17.8 Å². The minimum absolute atomic E-state index is 0.279. The van der Waals surface area contributed by atoms with Crippen LogP contribution in [0.2, 0.25) is 5.02 Å². The molecule has 0 unspecified atom stereocenters. The highest BCUT2D eigenvalue weighted by molar-refractivity contribution is 7.98. The minimum Gasteiger partial charge on any atom is -0.454 e. The normalized spacial score (nSPS) is 12.9. The van der Waals surface area contributed by atoms with Crippen LogP contribution in [0.25, 0.3) is 0 Å². The lowest BCUT2D eigenvalue weighted by Crippen LogP contribution is -2.02. The number of anilines is 1. The summed E-state index contributed by atoms with van der Waals surface area (Å²) < 4.78 is 10.5. The number of hydrogen-bond donors (Lipinski definition) is 1. The van der Waals surface area contributed by atoms with Gasteiger partial charge in [-0.15, -0.1) is 0 Å². The molecule has 16 heavy (non-hydrogen) atoms. The summed E-state index contributed by atoms with van der Waals surface area (Å²) in [5.41, 5.74) is 0.909. The third-order valence-corrected chi connectivity index (χ3v) is 3.31. The molecule has 0 radical (unpaired) electrons. The molecule has 0 aliphatic carbocycles. The first-order chi connectivity index (χ1) is 7.81. The molecule has 2 rings (SSSR count). The molecule has 1 aromatic carbocycles. The van der Waals surface area contributed by atoms with Crippen LogP contribution in [0.3, 0.4) is 0 Å². The maximum atomic E-state index is 6.12. The van der Waals surface area contributed by atoms with Crippen LogP contribution >= 0.6 is 23.4 Å². The van der Waals surface area contributed by atoms with E-state index in [0.717, 1.165) is 35.9 Å². The molecule has 0 fully saturated rings. The smallest absolute Gasteiger partial charge is 0.231 e. The van der Waals surface area contributed by atoms with Gasteiger partial charge in [0.05, 0.1) is 10.7 Å². The summed E-state index contributed by atoms with van der Waals surface area (Å²) in [6.07, 6.45) is 3.22. The Hall–Kier alpha value is -0.740. The van der Waals surface area contributed by atoms with Crippen molar-refractivity contribution in [3.63, 3.8) is 0 Å². The van der Waals surface area contributed by atoms with Crippen molar-refractivity contribution in [2.24, 2.45) is 0 Å². The molecule has 0 bridgehead atoms. The molecule has 0 saturated carbocycles. The number of ether oxygens (including phenoxy) is 2. The van der Waals surface area contributed by atoms with Crippen molar-refractivity contribution in [3.05, 3.63) is 17.2 Å². The number of nitrogens with one attached hydrogen (secondary N) is 1. The Kier molecular flexibility index (Phi) is 4.07. The van der Waals surface area contributed by atoms with Gasteiger partial charge in [-0.05, 0) is 18.4 Å². The van der Waals surface area contributed by atoms with Crippen LogP contribution in [0.15, 0.2) is 12.1 Å². The molecule has 0 atom stereocenters. The van der Waals surface area contributed by atoms with E-state index in [0.29, 0.717) is 5.02 Å². The Labute approximate surface area is 104 Å². The molecular weight excluding hydrogens is 246 g/mol. The van der Waals surface area contributed by atoms with Crippen molar-refractivity contribution in [3.8, 4) is 11.5 Å². The van der Waals surface area contributed by atoms with Gasteiger partial charge in [0.1, 0.15) is 0 Å². The van der Waals surface area contributed by atoms with Crippen molar-refractivity contribution in [2.75, 3.05) is 30.7 Å². The number of benzene rings is 1. The van der Waals surface area contributed by atoms with Crippen molar-refractivity contribution in [1.29, 1.82) is 0 Å². The Morgan fingerprint density at radius 2 is 2.12 bits per heavy atom. The maximum absolute atomic E-state index is 6.12. The minimum atomic E-state index is 0.279. The molecular formula is C11H14ClNO2S. The second kappa shape index (κ2) is 5.55. The van der Waals surface area contributed by atoms with E-state index >= 15 is 0 Å². The molecule has 88 valence electrons. The van der Waals surface area contributed by atoms with Crippen molar-refractivity contribution in [1.82, 2.24) is 0 Å². The first-order valence-electron chi connectivity index (χ1n) is 5.13. The Balaban J connectivity index is 1.98.